The molecule has 1 atom stereocenters. The van der Waals surface area contributed by atoms with Gasteiger partial charge in [0.2, 0.25) is 0 Å². The van der Waals surface area contributed by atoms with Crippen molar-refractivity contribution in [2.75, 3.05) is 16.7 Å². The smallest absolute Gasteiger partial charge is 0.387 e. The van der Waals surface area contributed by atoms with E-state index in [0.717, 1.165) is 36.0 Å². The number of anilines is 1. The second-order valence-corrected chi connectivity index (χ2v) is 12.3. The molecule has 192 valence electrons. The second kappa shape index (κ2) is 9.15. The van der Waals surface area contributed by atoms with Gasteiger partial charge in [-0.15, -0.1) is 9.53 Å². The third kappa shape index (κ3) is 6.31. The number of allylic oxidation sites excluding steroid dienone is 4. The molecule has 0 bridgehead atoms. The van der Waals surface area contributed by atoms with E-state index in [1.165, 1.54) is 38.4 Å². The predicted octanol–water partition coefficient (Wildman–Crippen LogP) is 5.17. The quantitative estimate of drug-likeness (QED) is 0.471. The Bertz CT molecular complexity index is 1330. The van der Waals surface area contributed by atoms with Crippen molar-refractivity contribution in [3.63, 3.8) is 0 Å². The largest absolute Gasteiger partial charge is 0.458 e. The van der Waals surface area contributed by atoms with Crippen molar-refractivity contribution < 1.29 is 35.8 Å². The van der Waals surface area contributed by atoms with Crippen LogP contribution in [-0.2, 0) is 16.6 Å². The lowest BCUT2D eigenvalue weighted by molar-refractivity contribution is -0.0510. The van der Waals surface area contributed by atoms with E-state index in [2.05, 4.69) is 9.46 Å². The summed E-state index contributed by atoms with van der Waals surface area (Å²) >= 11 is 0. The number of nitrogens with one attached hydrogen (secondary N) is 1. The normalized spacial score (nSPS) is 19.4. The van der Waals surface area contributed by atoms with Crippen molar-refractivity contribution in [1.29, 1.82) is 0 Å². The molecule has 3 rings (SSSR count). The topological polar surface area (TPSA) is 89.8 Å². The molecule has 0 saturated heterocycles. The number of hydrogen-bond donors (Lipinski definition) is 2. The van der Waals surface area contributed by atoms with Crippen LogP contribution in [0.5, 0.6) is 11.5 Å². The molecule has 0 radical (unpaired) electrons. The molecule has 0 saturated carbocycles. The van der Waals surface area contributed by atoms with E-state index in [1.54, 1.807) is 0 Å². The number of nitrogens with zero attached hydrogens (tertiary/aromatic N) is 1. The van der Waals surface area contributed by atoms with Crippen molar-refractivity contribution in [2.24, 2.45) is 7.05 Å². The molecule has 1 aliphatic rings. The summed E-state index contributed by atoms with van der Waals surface area (Å²) in [6, 6.07) is 5.24. The number of pyridine rings is 1. The van der Waals surface area contributed by atoms with Gasteiger partial charge in [0.1, 0.15) is 17.3 Å². The van der Waals surface area contributed by atoms with E-state index in [-0.39, 0.29) is 34.1 Å². The van der Waals surface area contributed by atoms with Crippen LogP contribution in [0.3, 0.4) is 0 Å². The number of aryl methyl sites for hydroxylation is 1. The maximum absolute atomic E-state index is 15.0. The van der Waals surface area contributed by atoms with E-state index >= 15 is 4.39 Å². The number of halogens is 4. The fourth-order valence-corrected chi connectivity index (χ4v) is 4.23. The second-order valence-electron chi connectivity index (χ2n) is 8.59. The number of hydrogen-bond acceptors (Lipinski definition) is 4. The lowest BCUT2D eigenvalue weighted by atomic mass is 9.96. The Morgan fingerprint density at radius 1 is 1.26 bits per heavy atom. The molecular formula is C23H26F4N2O5S. The number of alkyl halides is 3. The van der Waals surface area contributed by atoms with E-state index in [1.807, 2.05) is 0 Å². The minimum absolute atomic E-state index is 0.0251. The molecule has 1 heterocycles. The van der Waals surface area contributed by atoms with Gasteiger partial charge >= 0.3 is 6.61 Å². The molecule has 7 nitrogen and oxygen atoms in total. The Kier molecular flexibility index (Phi) is 6.93. The maximum atomic E-state index is 15.0. The van der Waals surface area contributed by atoms with E-state index < -0.39 is 45.4 Å². The predicted molar refractivity (Wildman–Crippen MR) is 127 cm³/mol. The third-order valence-electron chi connectivity index (χ3n) is 5.37. The highest BCUT2D eigenvalue weighted by Crippen LogP contribution is 2.40. The molecule has 0 aliphatic heterocycles. The summed E-state index contributed by atoms with van der Waals surface area (Å²) in [7, 11) is -2.91. The highest BCUT2D eigenvalue weighted by molar-refractivity contribution is 8.15. The van der Waals surface area contributed by atoms with Crippen LogP contribution < -0.4 is 19.8 Å². The molecule has 0 fully saturated rings. The molecule has 1 aliphatic carbocycles. The Hall–Kier alpha value is -3.12. The number of benzene rings is 1. The van der Waals surface area contributed by atoms with Crippen LogP contribution in [0.1, 0.15) is 20.3 Å². The Labute approximate surface area is 199 Å². The summed E-state index contributed by atoms with van der Waals surface area (Å²) in [5.74, 6) is -1.60. The maximum Gasteiger partial charge on any atom is 0.387 e. The molecule has 2 N–H and O–H groups in total. The highest BCUT2D eigenvalue weighted by atomic mass is 32.3. The number of rotatable bonds is 8. The van der Waals surface area contributed by atoms with Gasteiger partial charge in [-0.25, -0.2) is 8.78 Å². The Balaban J connectivity index is 2.18. The molecule has 0 amide bonds. The van der Waals surface area contributed by atoms with Crippen LogP contribution in [0.2, 0.25) is 0 Å². The summed E-state index contributed by atoms with van der Waals surface area (Å²) in [5, 5.41) is 0. The van der Waals surface area contributed by atoms with Crippen LogP contribution in [-0.4, -0.2) is 37.6 Å². The number of ether oxygens (including phenoxy) is 2. The van der Waals surface area contributed by atoms with Crippen LogP contribution >= 0.6 is 0 Å². The standard InChI is InChI=1S/C23H26F4N2O5S/c1-5-35(4,31,32)28-16-7-8-18(33-20-9-6-15(24)12-23(20,2)27)17(11-16)14-10-19(34-22(25)26)21(30)29(3)13-14/h6-11,13,22H,5,12H2,1-4H3,(H2,28,31,32). The fourth-order valence-electron chi connectivity index (χ4n) is 3.35. The average molecular weight is 519 g/mol. The summed E-state index contributed by atoms with van der Waals surface area (Å²) in [5.41, 5.74) is -2.50. The monoisotopic (exact) mass is 518 g/mol. The van der Waals surface area contributed by atoms with Gasteiger partial charge in [0.25, 0.3) is 5.56 Å². The zero-order chi connectivity index (χ0) is 26.2. The van der Waals surface area contributed by atoms with Gasteiger partial charge in [0, 0.05) is 42.8 Å². The molecule has 12 heteroatoms. The van der Waals surface area contributed by atoms with Gasteiger partial charge in [-0.2, -0.15) is 13.0 Å². The molecule has 2 aromatic rings. The molecule has 1 unspecified atom stereocenters. The fraction of sp³-hybridized carbons (Fsp3) is 0.348. The van der Waals surface area contributed by atoms with Crippen molar-refractivity contribution in [3.8, 4) is 22.6 Å². The van der Waals surface area contributed by atoms with Crippen LogP contribution in [0, 0.1) is 0 Å². The molecule has 35 heavy (non-hydrogen) atoms. The highest BCUT2D eigenvalue weighted by Gasteiger charge is 2.35. The summed E-state index contributed by atoms with van der Waals surface area (Å²) in [6.45, 7) is -0.593. The van der Waals surface area contributed by atoms with Gasteiger partial charge < -0.3 is 14.0 Å². The first kappa shape index (κ1) is 26.5. The van der Waals surface area contributed by atoms with Gasteiger partial charge in [-0.3, -0.25) is 14.1 Å². The first-order valence-electron chi connectivity index (χ1n) is 10.5. The van der Waals surface area contributed by atoms with E-state index in [9.17, 15) is 26.7 Å². The summed E-state index contributed by atoms with van der Waals surface area (Å²) in [6.07, 6.45) is 4.12. The van der Waals surface area contributed by atoms with E-state index in [4.69, 9.17) is 4.74 Å². The molecule has 1 aromatic heterocycles. The average Bonchev–Trinajstić information content (AvgIpc) is 2.73. The summed E-state index contributed by atoms with van der Waals surface area (Å²) in [4.78, 5) is 12.2. The van der Waals surface area contributed by atoms with E-state index in [0.29, 0.717) is 0 Å². The van der Waals surface area contributed by atoms with Gasteiger partial charge in [-0.1, -0.05) is 0 Å². The van der Waals surface area contributed by atoms with Crippen LogP contribution in [0.25, 0.3) is 11.1 Å². The van der Waals surface area contributed by atoms with Gasteiger partial charge in [0.15, 0.2) is 11.4 Å². The molecule has 0 spiro atoms. The Morgan fingerprint density at radius 3 is 2.54 bits per heavy atom. The van der Waals surface area contributed by atoms with Crippen molar-refractivity contribution in [3.05, 3.63) is 64.6 Å². The minimum atomic E-state index is -4.24. The first-order chi connectivity index (χ1) is 16.1. The molecular weight excluding hydrogens is 492 g/mol. The van der Waals surface area contributed by atoms with Crippen molar-refractivity contribution in [2.45, 2.75) is 32.5 Å². The van der Waals surface area contributed by atoms with Crippen molar-refractivity contribution in [1.82, 2.24) is 4.57 Å². The Morgan fingerprint density at radius 2 is 1.94 bits per heavy atom. The lowest BCUT2D eigenvalue weighted by Gasteiger charge is -2.39. The third-order valence-corrected chi connectivity index (χ3v) is 7.49. The van der Waals surface area contributed by atoms with Crippen LogP contribution in [0.15, 0.2) is 59.0 Å². The SMILES string of the molecule is CCS(C)(=O)(O)Nc1ccc(OC2=CC=C(F)CC2(C)F)c(-c2cc(OC(F)F)c(=O)n(C)c2)c1. The number of aromatic nitrogens is 1. The zero-order valence-electron chi connectivity index (χ0n) is 19.5. The van der Waals surface area contributed by atoms with Gasteiger partial charge in [0.05, 0.1) is 5.69 Å². The molecule has 1 aromatic carbocycles. The summed E-state index contributed by atoms with van der Waals surface area (Å²) < 4.78 is 91.2. The van der Waals surface area contributed by atoms with Gasteiger partial charge in [-0.05, 0) is 50.3 Å². The zero-order valence-corrected chi connectivity index (χ0v) is 20.3. The first-order valence-corrected chi connectivity index (χ1v) is 13.0. The van der Waals surface area contributed by atoms with Crippen LogP contribution in [0.4, 0.5) is 23.2 Å². The minimum Gasteiger partial charge on any atom is -0.458 e. The lowest BCUT2D eigenvalue weighted by Crippen LogP contribution is -2.41. The van der Waals surface area contributed by atoms with Crippen molar-refractivity contribution >= 4 is 15.2 Å².